The van der Waals surface area contributed by atoms with Gasteiger partial charge in [-0.1, -0.05) is 59.1 Å². The lowest BCUT2D eigenvalue weighted by Gasteiger charge is -2.36. The first-order valence-corrected chi connectivity index (χ1v) is 13.5. The number of hydrazine groups is 1. The maximum absolute atomic E-state index is 14.0. The Morgan fingerprint density at radius 2 is 1.04 bits per heavy atom. The largest absolute Gasteiger partial charge is 0.478 e. The van der Waals surface area contributed by atoms with Crippen molar-refractivity contribution in [2.75, 3.05) is 20.7 Å². The Balaban J connectivity index is 1.97. The topological polar surface area (TPSA) is 139 Å². The Hall–Kier alpha value is -4.98. The molecule has 4 N–H and O–H groups in total. The molecular weight excluding hydrogens is 664 g/mol. The zero-order chi connectivity index (χ0) is 33.1. The molecule has 16 heteroatoms. The molecule has 4 amide bonds. The molecule has 0 radical (unpaired) electrons. The molecule has 0 saturated heterocycles. The van der Waals surface area contributed by atoms with Crippen LogP contribution in [0.15, 0.2) is 84.9 Å². The lowest BCUT2D eigenvalue weighted by Crippen LogP contribution is -2.54. The highest BCUT2D eigenvalue weighted by atomic mass is 35.5. The van der Waals surface area contributed by atoms with Crippen molar-refractivity contribution in [3.05, 3.63) is 117 Å². The zero-order valence-corrected chi connectivity index (χ0v) is 24.5. The number of para-hydroxylation sites is 2. The summed E-state index contributed by atoms with van der Waals surface area (Å²) in [6, 6.07) is 13.2. The van der Waals surface area contributed by atoms with Crippen LogP contribution in [-0.4, -0.2) is 34.2 Å². The highest BCUT2D eigenvalue weighted by Crippen LogP contribution is 2.36. The molecule has 0 unspecified atom stereocenters. The Morgan fingerprint density at radius 3 is 1.49 bits per heavy atom. The number of nitrogens with zero attached hydrogens (tertiary/aromatic N) is 2. The number of aromatic carboxylic acids is 2. The number of carboxylic acids is 2. The Kier molecular flexibility index (Phi) is 9.76. The zero-order valence-electron chi connectivity index (χ0n) is 22.3. The number of hydrogen-bond donors (Lipinski definition) is 4. The molecule has 0 heterocycles. The van der Waals surface area contributed by atoms with Crippen molar-refractivity contribution in [3.8, 4) is 0 Å². The standard InChI is InChI=1S/C29H18Cl3F3N4O6/c30-16-10-12-20(32)22(14-16)37-28(45)39(24-8-4-2-6-18(24)26(42)43)38(23-7-3-1-5-17(23)25(40)41)27(44)36-21-13-15(29(33,34)35)9-11-19(21)31/h1-14H,(H,36,44)(H,37,45)(H,40,41)(H,42,43). The normalized spacial score (nSPS) is 11.0. The van der Waals surface area contributed by atoms with Crippen molar-refractivity contribution < 1.29 is 42.6 Å². The monoisotopic (exact) mass is 680 g/mol. The summed E-state index contributed by atoms with van der Waals surface area (Å²) >= 11 is 18.4. The molecule has 0 bridgehead atoms. The van der Waals surface area contributed by atoms with Gasteiger partial charge in [0.2, 0.25) is 0 Å². The quantitative estimate of drug-likeness (QED) is 0.150. The van der Waals surface area contributed by atoms with Crippen LogP contribution in [0.25, 0.3) is 0 Å². The minimum absolute atomic E-state index is 0.0168. The van der Waals surface area contributed by atoms with Crippen LogP contribution in [0.2, 0.25) is 15.1 Å². The number of anilines is 4. The lowest BCUT2D eigenvalue weighted by atomic mass is 10.1. The summed E-state index contributed by atoms with van der Waals surface area (Å²) in [4.78, 5) is 52.6. The second-order valence-corrected chi connectivity index (χ2v) is 10.2. The van der Waals surface area contributed by atoms with Crippen LogP contribution in [0.3, 0.4) is 0 Å². The van der Waals surface area contributed by atoms with Gasteiger partial charge in [0.25, 0.3) is 0 Å². The second-order valence-electron chi connectivity index (χ2n) is 8.95. The molecule has 45 heavy (non-hydrogen) atoms. The van der Waals surface area contributed by atoms with Crippen LogP contribution in [0, 0.1) is 0 Å². The maximum Gasteiger partial charge on any atom is 0.416 e. The van der Waals surface area contributed by atoms with E-state index in [9.17, 15) is 42.6 Å². The number of nitrogens with one attached hydrogen (secondary N) is 2. The van der Waals surface area contributed by atoms with Crippen LogP contribution >= 0.6 is 34.8 Å². The maximum atomic E-state index is 14.0. The van der Waals surface area contributed by atoms with Crippen LogP contribution < -0.4 is 20.7 Å². The van der Waals surface area contributed by atoms with Gasteiger partial charge in [-0.3, -0.25) is 0 Å². The molecule has 0 aromatic heterocycles. The number of rotatable bonds is 6. The fourth-order valence-electron chi connectivity index (χ4n) is 4.02. The SMILES string of the molecule is O=C(O)c1ccccc1N(C(=O)Nc1cc(Cl)ccc1Cl)N(C(=O)Nc1cc(C(F)(F)F)ccc1Cl)c1ccccc1C(=O)O. The molecule has 4 aromatic rings. The van der Waals surface area contributed by atoms with E-state index in [0.29, 0.717) is 22.2 Å². The Labute approximate surface area is 267 Å². The number of carbonyl (C=O) groups is 4. The van der Waals surface area contributed by atoms with Gasteiger partial charge in [-0.15, -0.1) is 0 Å². The summed E-state index contributed by atoms with van der Waals surface area (Å²) in [5.41, 5.74) is -3.83. The molecule has 0 aliphatic rings. The smallest absolute Gasteiger partial charge is 0.416 e. The van der Waals surface area contributed by atoms with Gasteiger partial charge >= 0.3 is 30.2 Å². The van der Waals surface area contributed by atoms with Crippen molar-refractivity contribution in [1.82, 2.24) is 0 Å². The first-order chi connectivity index (χ1) is 21.2. The van der Waals surface area contributed by atoms with E-state index in [4.69, 9.17) is 34.8 Å². The average molecular weight is 682 g/mol. The number of amides is 4. The number of carbonyl (C=O) groups excluding carboxylic acids is 2. The van der Waals surface area contributed by atoms with Crippen LogP contribution in [0.5, 0.6) is 0 Å². The van der Waals surface area contributed by atoms with E-state index < -0.39 is 63.9 Å². The van der Waals surface area contributed by atoms with Crippen molar-refractivity contribution in [1.29, 1.82) is 0 Å². The number of hydrogen-bond acceptors (Lipinski definition) is 4. The van der Waals surface area contributed by atoms with Crippen molar-refractivity contribution in [2.45, 2.75) is 6.18 Å². The predicted molar refractivity (Wildman–Crippen MR) is 163 cm³/mol. The summed E-state index contributed by atoms with van der Waals surface area (Å²) < 4.78 is 40.4. The highest BCUT2D eigenvalue weighted by molar-refractivity contribution is 6.36. The minimum Gasteiger partial charge on any atom is -0.478 e. The van der Waals surface area contributed by atoms with Crippen LogP contribution in [-0.2, 0) is 6.18 Å². The Bertz CT molecular complexity index is 1820. The molecule has 232 valence electrons. The Morgan fingerprint density at radius 1 is 0.622 bits per heavy atom. The van der Waals surface area contributed by atoms with E-state index in [-0.39, 0.29) is 20.8 Å². The molecule has 0 fully saturated rings. The van der Waals surface area contributed by atoms with Crippen molar-refractivity contribution in [2.24, 2.45) is 0 Å². The number of alkyl halides is 3. The third kappa shape index (κ3) is 7.40. The fourth-order valence-corrected chi connectivity index (χ4v) is 4.52. The van der Waals surface area contributed by atoms with E-state index in [1.165, 1.54) is 42.5 Å². The van der Waals surface area contributed by atoms with E-state index in [1.807, 2.05) is 0 Å². The predicted octanol–water partition coefficient (Wildman–Crippen LogP) is 8.75. The van der Waals surface area contributed by atoms with E-state index in [2.05, 4.69) is 10.6 Å². The minimum atomic E-state index is -4.83. The van der Waals surface area contributed by atoms with Crippen molar-refractivity contribution in [3.63, 3.8) is 0 Å². The molecule has 4 aromatic carbocycles. The molecular formula is C29H18Cl3F3N4O6. The summed E-state index contributed by atoms with van der Waals surface area (Å²) in [5.74, 6) is -3.11. The molecule has 4 rings (SSSR count). The van der Waals surface area contributed by atoms with Crippen LogP contribution in [0.1, 0.15) is 26.3 Å². The van der Waals surface area contributed by atoms with E-state index in [1.54, 1.807) is 0 Å². The van der Waals surface area contributed by atoms with Crippen LogP contribution in [0.4, 0.5) is 45.5 Å². The van der Waals surface area contributed by atoms with Gasteiger partial charge in [-0.2, -0.15) is 23.2 Å². The fraction of sp³-hybridized carbons (Fsp3) is 0.0345. The second kappa shape index (κ2) is 13.3. The van der Waals surface area contributed by atoms with Gasteiger partial charge in [0.1, 0.15) is 0 Å². The molecule has 0 aliphatic heterocycles. The van der Waals surface area contributed by atoms with Gasteiger partial charge in [0.15, 0.2) is 0 Å². The van der Waals surface area contributed by atoms with Gasteiger partial charge in [-0.05, 0) is 60.7 Å². The highest BCUT2D eigenvalue weighted by Gasteiger charge is 2.36. The number of urea groups is 2. The average Bonchev–Trinajstić information content (AvgIpc) is 2.98. The molecule has 0 aliphatic carbocycles. The molecule has 0 spiro atoms. The van der Waals surface area contributed by atoms with Gasteiger partial charge in [-0.25, -0.2) is 19.2 Å². The number of halogens is 6. The van der Waals surface area contributed by atoms with Gasteiger partial charge in [0.05, 0.1) is 49.5 Å². The van der Waals surface area contributed by atoms with E-state index >= 15 is 0 Å². The first kappa shape index (κ1) is 32.9. The number of benzene rings is 4. The van der Waals surface area contributed by atoms with Gasteiger partial charge in [0, 0.05) is 5.02 Å². The summed E-state index contributed by atoms with van der Waals surface area (Å²) in [7, 11) is 0. The molecule has 0 saturated carbocycles. The third-order valence-corrected chi connectivity index (χ3v) is 6.91. The van der Waals surface area contributed by atoms with Crippen molar-refractivity contribution >= 4 is 81.6 Å². The lowest BCUT2D eigenvalue weighted by molar-refractivity contribution is -0.137. The number of carboxylic acid groups (broad SMARTS) is 2. The summed E-state index contributed by atoms with van der Waals surface area (Å²) in [6.45, 7) is 0. The summed E-state index contributed by atoms with van der Waals surface area (Å²) in [6.07, 6.45) is -4.83. The molecule has 0 atom stereocenters. The molecule has 10 nitrogen and oxygen atoms in total. The van der Waals surface area contributed by atoms with E-state index in [0.717, 1.165) is 30.3 Å². The summed E-state index contributed by atoms with van der Waals surface area (Å²) in [5, 5.41) is 25.2. The first-order valence-electron chi connectivity index (χ1n) is 12.4. The van der Waals surface area contributed by atoms with Gasteiger partial charge < -0.3 is 20.8 Å². The third-order valence-electron chi connectivity index (χ3n) is 6.02.